The summed E-state index contributed by atoms with van der Waals surface area (Å²) in [6, 6.07) is 12.2. The Bertz CT molecular complexity index is 1020. The normalized spacial score (nSPS) is 14.0. The molecule has 1 amide bonds. The number of carbonyl (C=O) groups is 1. The molecule has 1 N–H and O–H groups in total. The molecule has 0 aromatic heterocycles. The third-order valence-electron chi connectivity index (χ3n) is 7.16. The van der Waals surface area contributed by atoms with Crippen molar-refractivity contribution in [2.45, 2.75) is 65.2 Å². The van der Waals surface area contributed by atoms with Crippen molar-refractivity contribution in [2.24, 2.45) is 0 Å². The molecular formula is C32H47N3O4. The van der Waals surface area contributed by atoms with Gasteiger partial charge in [-0.15, -0.1) is 0 Å². The Morgan fingerprint density at radius 2 is 1.51 bits per heavy atom. The third kappa shape index (κ3) is 9.81. The summed E-state index contributed by atoms with van der Waals surface area (Å²) in [6.45, 7) is 8.26. The van der Waals surface area contributed by atoms with Gasteiger partial charge in [0.25, 0.3) is 5.91 Å². The Morgan fingerprint density at radius 1 is 0.897 bits per heavy atom. The summed E-state index contributed by atoms with van der Waals surface area (Å²) in [4.78, 5) is 15.0. The number of anilines is 1. The largest absolute Gasteiger partial charge is 0.493 e. The number of benzene rings is 2. The summed E-state index contributed by atoms with van der Waals surface area (Å²) in [5, 5.41) is 1.98. The van der Waals surface area contributed by atoms with Gasteiger partial charge in [-0.1, -0.05) is 70.1 Å². The van der Waals surface area contributed by atoms with Gasteiger partial charge >= 0.3 is 0 Å². The zero-order valence-electron chi connectivity index (χ0n) is 24.3. The van der Waals surface area contributed by atoms with Gasteiger partial charge in [0.05, 0.1) is 20.8 Å². The minimum atomic E-state index is -0.160. The minimum absolute atomic E-state index is 0.160. The highest BCUT2D eigenvalue weighted by molar-refractivity contribution is 5.91. The second-order valence-corrected chi connectivity index (χ2v) is 10.1. The quantitative estimate of drug-likeness (QED) is 0.198. The van der Waals surface area contributed by atoms with E-state index in [1.807, 2.05) is 17.1 Å². The van der Waals surface area contributed by atoms with Crippen molar-refractivity contribution in [2.75, 3.05) is 51.9 Å². The fourth-order valence-corrected chi connectivity index (χ4v) is 4.89. The first-order valence-corrected chi connectivity index (χ1v) is 14.5. The first-order chi connectivity index (χ1) is 19.0. The number of carbonyl (C=O) groups excluding carboxylic acids is 1. The van der Waals surface area contributed by atoms with Crippen LogP contribution in [0.15, 0.2) is 42.5 Å². The summed E-state index contributed by atoms with van der Waals surface area (Å²) < 4.78 is 17.2. The predicted octanol–water partition coefficient (Wildman–Crippen LogP) is 6.40. The molecule has 1 aliphatic rings. The molecule has 1 saturated heterocycles. The molecule has 0 saturated carbocycles. The molecule has 1 aliphatic heterocycles. The molecule has 0 radical (unpaired) electrons. The van der Waals surface area contributed by atoms with Crippen molar-refractivity contribution in [1.29, 1.82) is 0 Å². The van der Waals surface area contributed by atoms with Gasteiger partial charge in [-0.3, -0.25) is 10.2 Å². The number of methoxy groups -OCH3 is 2. The number of aryl methyl sites for hydroxylation is 1. The Hall–Kier alpha value is -3.19. The summed E-state index contributed by atoms with van der Waals surface area (Å²) in [5.74, 6) is 1.64. The summed E-state index contributed by atoms with van der Waals surface area (Å²) in [6.07, 6.45) is 13.3. The van der Waals surface area contributed by atoms with E-state index < -0.39 is 0 Å². The highest BCUT2D eigenvalue weighted by Gasteiger charge is 2.19. The number of piperazine rings is 1. The van der Waals surface area contributed by atoms with E-state index in [-0.39, 0.29) is 5.91 Å². The van der Waals surface area contributed by atoms with Crippen molar-refractivity contribution in [3.63, 3.8) is 0 Å². The standard InChI is InChI=1S/C32H47N3O4/c1-5-6-7-8-9-10-11-14-23-39-32-29(37-3)24-27(25-30(32)38-4)17-18-31(36)33-35-21-19-34(20-22-35)28-16-13-12-15-26(28)2/h12-13,15-18,24-25H,5-11,14,19-23H2,1-4H3,(H,33,36). The highest BCUT2D eigenvalue weighted by Crippen LogP contribution is 2.39. The monoisotopic (exact) mass is 537 g/mol. The molecule has 1 heterocycles. The lowest BCUT2D eigenvalue weighted by Gasteiger charge is -2.36. The van der Waals surface area contributed by atoms with Crippen LogP contribution in [0.25, 0.3) is 6.08 Å². The summed E-state index contributed by atoms with van der Waals surface area (Å²) in [5.41, 5.74) is 6.34. The minimum Gasteiger partial charge on any atom is -0.493 e. The molecule has 2 aromatic rings. The molecule has 3 rings (SSSR count). The molecule has 7 heteroatoms. The molecular weight excluding hydrogens is 490 g/mol. The van der Waals surface area contributed by atoms with E-state index in [4.69, 9.17) is 14.2 Å². The fourth-order valence-electron chi connectivity index (χ4n) is 4.89. The Morgan fingerprint density at radius 3 is 2.13 bits per heavy atom. The van der Waals surface area contributed by atoms with E-state index in [0.29, 0.717) is 23.9 Å². The van der Waals surface area contributed by atoms with E-state index >= 15 is 0 Å². The second kappa shape index (κ2) is 16.7. The van der Waals surface area contributed by atoms with Crippen molar-refractivity contribution >= 4 is 17.7 Å². The number of nitrogens with zero attached hydrogens (tertiary/aromatic N) is 2. The van der Waals surface area contributed by atoms with E-state index in [1.165, 1.54) is 49.8 Å². The number of amides is 1. The molecule has 0 atom stereocenters. The smallest absolute Gasteiger partial charge is 0.258 e. The molecule has 2 aromatic carbocycles. The lowest BCUT2D eigenvalue weighted by Crippen LogP contribution is -2.53. The van der Waals surface area contributed by atoms with Crippen LogP contribution in [-0.4, -0.2) is 57.9 Å². The fraction of sp³-hybridized carbons (Fsp3) is 0.531. The van der Waals surface area contributed by atoms with Crippen LogP contribution in [0.4, 0.5) is 5.69 Å². The Balaban J connectivity index is 1.47. The maximum Gasteiger partial charge on any atom is 0.258 e. The van der Waals surface area contributed by atoms with Crippen molar-refractivity contribution in [1.82, 2.24) is 10.4 Å². The SMILES string of the molecule is CCCCCCCCCCOc1c(OC)cc(C=CC(=O)NN2CCN(c3ccccc3C)CC2)cc1OC. The van der Waals surface area contributed by atoms with Crippen molar-refractivity contribution in [3.8, 4) is 17.2 Å². The molecule has 0 spiro atoms. The van der Waals surface area contributed by atoms with Crippen LogP contribution >= 0.6 is 0 Å². The van der Waals surface area contributed by atoms with Gasteiger partial charge in [-0.05, 0) is 48.7 Å². The van der Waals surface area contributed by atoms with E-state index in [0.717, 1.165) is 44.6 Å². The van der Waals surface area contributed by atoms with Crippen LogP contribution in [-0.2, 0) is 4.79 Å². The molecule has 0 aliphatic carbocycles. The van der Waals surface area contributed by atoms with Crippen LogP contribution in [0.5, 0.6) is 17.2 Å². The lowest BCUT2D eigenvalue weighted by atomic mass is 10.1. The highest BCUT2D eigenvalue weighted by atomic mass is 16.5. The average Bonchev–Trinajstić information content (AvgIpc) is 2.96. The van der Waals surface area contributed by atoms with Crippen LogP contribution in [0.1, 0.15) is 69.4 Å². The summed E-state index contributed by atoms with van der Waals surface area (Å²) >= 11 is 0. The average molecular weight is 538 g/mol. The number of ether oxygens (including phenoxy) is 3. The number of rotatable bonds is 16. The van der Waals surface area contributed by atoms with Crippen molar-refractivity contribution < 1.29 is 19.0 Å². The Labute approximate surface area is 235 Å². The number of hydrogen-bond acceptors (Lipinski definition) is 6. The van der Waals surface area contributed by atoms with Gasteiger partial charge in [0, 0.05) is 37.9 Å². The van der Waals surface area contributed by atoms with Gasteiger partial charge in [-0.25, -0.2) is 5.01 Å². The van der Waals surface area contributed by atoms with Crippen LogP contribution in [0, 0.1) is 6.92 Å². The maximum absolute atomic E-state index is 12.6. The van der Waals surface area contributed by atoms with Gasteiger partial charge in [0.15, 0.2) is 11.5 Å². The summed E-state index contributed by atoms with van der Waals surface area (Å²) in [7, 11) is 3.24. The zero-order valence-corrected chi connectivity index (χ0v) is 24.3. The first kappa shape index (κ1) is 30.4. The van der Waals surface area contributed by atoms with Gasteiger partial charge in [0.1, 0.15) is 0 Å². The molecule has 7 nitrogen and oxygen atoms in total. The molecule has 0 unspecified atom stereocenters. The number of para-hydroxylation sites is 1. The molecule has 0 bridgehead atoms. The molecule has 39 heavy (non-hydrogen) atoms. The second-order valence-electron chi connectivity index (χ2n) is 10.1. The van der Waals surface area contributed by atoms with Crippen LogP contribution < -0.4 is 24.5 Å². The van der Waals surface area contributed by atoms with Gasteiger partial charge in [0.2, 0.25) is 5.75 Å². The number of nitrogens with one attached hydrogen (secondary N) is 1. The van der Waals surface area contributed by atoms with Crippen LogP contribution in [0.2, 0.25) is 0 Å². The molecule has 1 fully saturated rings. The topological polar surface area (TPSA) is 63.3 Å². The number of hydrazine groups is 1. The van der Waals surface area contributed by atoms with Gasteiger partial charge < -0.3 is 19.1 Å². The maximum atomic E-state index is 12.6. The third-order valence-corrected chi connectivity index (χ3v) is 7.16. The lowest BCUT2D eigenvalue weighted by molar-refractivity contribution is -0.121. The van der Waals surface area contributed by atoms with E-state index in [1.54, 1.807) is 26.4 Å². The van der Waals surface area contributed by atoms with Crippen molar-refractivity contribution in [3.05, 3.63) is 53.6 Å². The zero-order chi connectivity index (χ0) is 27.9. The van der Waals surface area contributed by atoms with E-state index in [9.17, 15) is 4.79 Å². The first-order valence-electron chi connectivity index (χ1n) is 14.5. The Kier molecular flexibility index (Phi) is 13.0. The number of hydrogen-bond donors (Lipinski definition) is 1. The van der Waals surface area contributed by atoms with Crippen LogP contribution in [0.3, 0.4) is 0 Å². The number of unbranched alkanes of at least 4 members (excludes halogenated alkanes) is 7. The predicted molar refractivity (Wildman–Crippen MR) is 160 cm³/mol. The van der Waals surface area contributed by atoms with E-state index in [2.05, 4.69) is 48.4 Å². The molecule has 214 valence electrons. The van der Waals surface area contributed by atoms with Gasteiger partial charge in [-0.2, -0.15) is 0 Å².